The molecule has 7 heteroatoms. The molecule has 1 heterocycles. The second-order valence-corrected chi connectivity index (χ2v) is 6.15. The second-order valence-electron chi connectivity index (χ2n) is 4.30. The van der Waals surface area contributed by atoms with Crippen LogP contribution < -0.4 is 9.62 Å². The lowest BCUT2D eigenvalue weighted by Gasteiger charge is -2.34. The summed E-state index contributed by atoms with van der Waals surface area (Å²) in [6, 6.07) is 6.83. The zero-order chi connectivity index (χ0) is 13.9. The van der Waals surface area contributed by atoms with Gasteiger partial charge in [-0.2, -0.15) is 0 Å². The van der Waals surface area contributed by atoms with E-state index in [2.05, 4.69) is 4.72 Å². The fraction of sp³-hybridized carbons (Fsp3) is 0.500. The molecule has 0 radical (unpaired) electrons. The number of anilines is 1. The topological polar surface area (TPSA) is 78.9 Å². The van der Waals surface area contributed by atoms with Crippen LogP contribution in [0.15, 0.2) is 29.2 Å². The molecule has 106 valence electrons. The van der Waals surface area contributed by atoms with Gasteiger partial charge >= 0.3 is 0 Å². The van der Waals surface area contributed by atoms with Crippen molar-refractivity contribution < 1.29 is 18.3 Å². The molecule has 0 bridgehead atoms. The Balaban J connectivity index is 2.35. The first-order valence-electron chi connectivity index (χ1n) is 6.08. The predicted octanol–water partition coefficient (Wildman–Crippen LogP) is -0.208. The zero-order valence-electron chi connectivity index (χ0n) is 10.7. The van der Waals surface area contributed by atoms with Crippen molar-refractivity contribution in [2.75, 3.05) is 38.3 Å². The summed E-state index contributed by atoms with van der Waals surface area (Å²) in [7, 11) is -2.11. The maximum atomic E-state index is 12.0. The van der Waals surface area contributed by atoms with Gasteiger partial charge in [0.25, 0.3) is 0 Å². The van der Waals surface area contributed by atoms with Crippen molar-refractivity contribution in [1.29, 1.82) is 0 Å². The van der Waals surface area contributed by atoms with Crippen molar-refractivity contribution >= 4 is 15.7 Å². The number of ether oxygens (including phenoxy) is 1. The SMILES string of the molecule is CNS(=O)(=O)c1ccccc1N1CCOC(CO)C1. The number of para-hydroxylation sites is 1. The van der Waals surface area contributed by atoms with E-state index in [4.69, 9.17) is 9.84 Å². The number of hydrogen-bond donors (Lipinski definition) is 2. The Morgan fingerprint density at radius 2 is 2.21 bits per heavy atom. The van der Waals surface area contributed by atoms with Crippen LogP contribution in [0.25, 0.3) is 0 Å². The van der Waals surface area contributed by atoms with Gasteiger partial charge in [-0.3, -0.25) is 0 Å². The first kappa shape index (κ1) is 14.3. The lowest BCUT2D eigenvalue weighted by molar-refractivity contribution is 0.00343. The van der Waals surface area contributed by atoms with Crippen LogP contribution >= 0.6 is 0 Å². The Bertz CT molecular complexity index is 532. The fourth-order valence-corrected chi connectivity index (χ4v) is 3.05. The average Bonchev–Trinajstić information content (AvgIpc) is 2.47. The van der Waals surface area contributed by atoms with Crippen LogP contribution in [0, 0.1) is 0 Å². The third-order valence-corrected chi connectivity index (χ3v) is 4.57. The molecule has 1 aliphatic rings. The van der Waals surface area contributed by atoms with Crippen LogP contribution in [0.1, 0.15) is 0 Å². The van der Waals surface area contributed by atoms with Crippen molar-refractivity contribution in [2.24, 2.45) is 0 Å². The molecule has 1 saturated heterocycles. The molecule has 0 saturated carbocycles. The predicted molar refractivity (Wildman–Crippen MR) is 71.7 cm³/mol. The van der Waals surface area contributed by atoms with Gasteiger partial charge in [0.2, 0.25) is 10.0 Å². The summed E-state index contributed by atoms with van der Waals surface area (Å²) in [6.45, 7) is 1.48. The van der Waals surface area contributed by atoms with E-state index < -0.39 is 10.0 Å². The Morgan fingerprint density at radius 3 is 2.89 bits per heavy atom. The quantitative estimate of drug-likeness (QED) is 0.801. The Hall–Kier alpha value is -1.15. The van der Waals surface area contributed by atoms with Crippen molar-refractivity contribution in [3.8, 4) is 0 Å². The van der Waals surface area contributed by atoms with E-state index in [0.29, 0.717) is 25.4 Å². The van der Waals surface area contributed by atoms with Gasteiger partial charge in [0.15, 0.2) is 0 Å². The summed E-state index contributed by atoms with van der Waals surface area (Å²) in [5.41, 5.74) is 0.638. The minimum atomic E-state index is -3.50. The Labute approximate surface area is 113 Å². The third-order valence-electron chi connectivity index (χ3n) is 3.11. The van der Waals surface area contributed by atoms with Crippen LogP contribution in [0.5, 0.6) is 0 Å². The first-order chi connectivity index (χ1) is 9.08. The summed E-state index contributed by atoms with van der Waals surface area (Å²) in [4.78, 5) is 2.17. The second kappa shape index (κ2) is 5.87. The zero-order valence-corrected chi connectivity index (χ0v) is 11.6. The van der Waals surface area contributed by atoms with Crippen molar-refractivity contribution in [1.82, 2.24) is 4.72 Å². The Morgan fingerprint density at radius 1 is 1.47 bits per heavy atom. The Kier molecular flexibility index (Phi) is 4.41. The highest BCUT2D eigenvalue weighted by Gasteiger charge is 2.25. The van der Waals surface area contributed by atoms with Crippen LogP contribution in [0.4, 0.5) is 5.69 Å². The standard InChI is InChI=1S/C12H18N2O4S/c1-13-19(16,17)12-5-3-2-4-11(12)14-6-7-18-10(8-14)9-15/h2-5,10,13,15H,6-9H2,1H3. The third kappa shape index (κ3) is 3.06. The molecular weight excluding hydrogens is 268 g/mol. The minimum Gasteiger partial charge on any atom is -0.394 e. The summed E-state index contributed by atoms with van der Waals surface area (Å²) >= 11 is 0. The highest BCUT2D eigenvalue weighted by atomic mass is 32.2. The minimum absolute atomic E-state index is 0.0720. The molecule has 1 aromatic carbocycles. The highest BCUT2D eigenvalue weighted by Crippen LogP contribution is 2.26. The molecular formula is C12H18N2O4S. The molecule has 1 fully saturated rings. The highest BCUT2D eigenvalue weighted by molar-refractivity contribution is 7.89. The van der Waals surface area contributed by atoms with E-state index in [-0.39, 0.29) is 17.6 Å². The van der Waals surface area contributed by atoms with Gasteiger partial charge in [0.1, 0.15) is 4.90 Å². The van der Waals surface area contributed by atoms with Crippen LogP contribution in [-0.2, 0) is 14.8 Å². The molecule has 1 aromatic rings. The number of morpholine rings is 1. The molecule has 19 heavy (non-hydrogen) atoms. The normalized spacial score (nSPS) is 20.5. The molecule has 1 unspecified atom stereocenters. The van der Waals surface area contributed by atoms with Gasteiger partial charge < -0.3 is 14.7 Å². The van der Waals surface area contributed by atoms with Crippen LogP contribution in [0.2, 0.25) is 0 Å². The fourth-order valence-electron chi connectivity index (χ4n) is 2.10. The van der Waals surface area contributed by atoms with E-state index in [9.17, 15) is 8.42 Å². The number of nitrogens with zero attached hydrogens (tertiary/aromatic N) is 1. The maximum Gasteiger partial charge on any atom is 0.242 e. The van der Waals surface area contributed by atoms with Gasteiger partial charge in [0, 0.05) is 13.1 Å². The summed E-state index contributed by atoms with van der Waals surface area (Å²) in [5, 5.41) is 9.15. The van der Waals surface area contributed by atoms with Gasteiger partial charge in [-0.15, -0.1) is 0 Å². The molecule has 0 aromatic heterocycles. The van der Waals surface area contributed by atoms with Crippen LogP contribution in [-0.4, -0.2) is 53.0 Å². The van der Waals surface area contributed by atoms with E-state index in [1.165, 1.54) is 7.05 Å². The summed E-state index contributed by atoms with van der Waals surface area (Å²) < 4.78 is 31.7. The van der Waals surface area contributed by atoms with Gasteiger partial charge in [-0.25, -0.2) is 13.1 Å². The van der Waals surface area contributed by atoms with E-state index in [1.807, 2.05) is 4.90 Å². The van der Waals surface area contributed by atoms with E-state index >= 15 is 0 Å². The molecule has 2 N–H and O–H groups in total. The molecule has 2 rings (SSSR count). The van der Waals surface area contributed by atoms with Gasteiger partial charge in [-0.05, 0) is 19.2 Å². The monoisotopic (exact) mass is 286 g/mol. The largest absolute Gasteiger partial charge is 0.394 e. The number of sulfonamides is 1. The summed E-state index contributed by atoms with van der Waals surface area (Å²) in [5.74, 6) is 0. The molecule has 0 spiro atoms. The molecule has 1 atom stereocenters. The van der Waals surface area contributed by atoms with Crippen molar-refractivity contribution in [3.05, 3.63) is 24.3 Å². The van der Waals surface area contributed by atoms with Crippen molar-refractivity contribution in [2.45, 2.75) is 11.0 Å². The van der Waals surface area contributed by atoms with E-state index in [0.717, 1.165) is 0 Å². The summed E-state index contributed by atoms with van der Waals surface area (Å²) in [6.07, 6.45) is -0.279. The number of rotatable bonds is 4. The van der Waals surface area contributed by atoms with Crippen molar-refractivity contribution in [3.63, 3.8) is 0 Å². The van der Waals surface area contributed by atoms with Gasteiger partial charge in [-0.1, -0.05) is 12.1 Å². The number of aliphatic hydroxyl groups is 1. The molecule has 0 aliphatic carbocycles. The maximum absolute atomic E-state index is 12.0. The molecule has 1 aliphatic heterocycles. The van der Waals surface area contributed by atoms with E-state index in [1.54, 1.807) is 24.3 Å². The number of hydrogen-bond acceptors (Lipinski definition) is 5. The van der Waals surface area contributed by atoms with Crippen LogP contribution in [0.3, 0.4) is 0 Å². The molecule has 0 amide bonds. The average molecular weight is 286 g/mol. The lowest BCUT2D eigenvalue weighted by atomic mass is 10.2. The number of benzene rings is 1. The number of nitrogens with one attached hydrogen (secondary N) is 1. The lowest BCUT2D eigenvalue weighted by Crippen LogP contribution is -2.44. The number of aliphatic hydroxyl groups excluding tert-OH is 1. The first-order valence-corrected chi connectivity index (χ1v) is 7.57. The smallest absolute Gasteiger partial charge is 0.242 e. The molecule has 6 nitrogen and oxygen atoms in total. The van der Waals surface area contributed by atoms with Gasteiger partial charge in [0.05, 0.1) is 25.0 Å².